The molecule has 0 bridgehead atoms. The Kier molecular flexibility index (Phi) is 4.78. The Hall–Kier alpha value is -2.04. The van der Waals surface area contributed by atoms with E-state index in [1.54, 1.807) is 0 Å². The fourth-order valence-corrected chi connectivity index (χ4v) is 3.59. The van der Waals surface area contributed by atoms with Gasteiger partial charge in [-0.2, -0.15) is 0 Å². The van der Waals surface area contributed by atoms with Gasteiger partial charge in [0.15, 0.2) is 0 Å². The van der Waals surface area contributed by atoms with Gasteiger partial charge in [-0.15, -0.1) is 0 Å². The van der Waals surface area contributed by atoms with Crippen molar-refractivity contribution in [2.75, 3.05) is 0 Å². The fraction of sp³-hybridized carbons (Fsp3) is 0.579. The van der Waals surface area contributed by atoms with E-state index in [4.69, 9.17) is 4.74 Å². The van der Waals surface area contributed by atoms with Gasteiger partial charge in [0.05, 0.1) is 5.54 Å². The van der Waals surface area contributed by atoms with Gasteiger partial charge in [0.1, 0.15) is 12.6 Å². The molecule has 24 heavy (non-hydrogen) atoms. The summed E-state index contributed by atoms with van der Waals surface area (Å²) >= 11 is 0. The van der Waals surface area contributed by atoms with E-state index in [-0.39, 0.29) is 12.5 Å². The Balaban J connectivity index is 1.48. The lowest BCUT2D eigenvalue weighted by Crippen LogP contribution is -2.75. The molecule has 3 rings (SSSR count). The summed E-state index contributed by atoms with van der Waals surface area (Å²) in [5, 5.41) is 5.36. The van der Waals surface area contributed by atoms with Gasteiger partial charge in [-0.1, -0.05) is 43.5 Å². The molecule has 0 spiro atoms. The van der Waals surface area contributed by atoms with Crippen molar-refractivity contribution in [1.29, 1.82) is 0 Å². The molecule has 2 amide bonds. The van der Waals surface area contributed by atoms with Crippen LogP contribution in [0.1, 0.15) is 63.0 Å². The zero-order valence-electron chi connectivity index (χ0n) is 14.4. The monoisotopic (exact) mass is 330 g/mol. The van der Waals surface area contributed by atoms with E-state index in [2.05, 4.69) is 22.8 Å². The number of hydrogen-bond donors (Lipinski definition) is 2. The second kappa shape index (κ2) is 6.83. The van der Waals surface area contributed by atoms with Crippen molar-refractivity contribution in [3.8, 4) is 0 Å². The van der Waals surface area contributed by atoms with E-state index in [0.29, 0.717) is 5.92 Å². The van der Waals surface area contributed by atoms with Crippen LogP contribution in [0.15, 0.2) is 24.3 Å². The van der Waals surface area contributed by atoms with E-state index in [0.717, 1.165) is 5.56 Å². The molecule has 0 radical (unpaired) electrons. The molecule has 1 atom stereocenters. The van der Waals surface area contributed by atoms with Crippen LogP contribution in [0.3, 0.4) is 0 Å². The lowest BCUT2D eigenvalue weighted by Gasteiger charge is -2.43. The maximum atomic E-state index is 11.9. The number of rotatable bonds is 4. The quantitative estimate of drug-likeness (QED) is 0.833. The van der Waals surface area contributed by atoms with Gasteiger partial charge in [0, 0.05) is 0 Å². The Morgan fingerprint density at radius 2 is 1.88 bits per heavy atom. The first-order chi connectivity index (χ1) is 11.5. The second-order valence-corrected chi connectivity index (χ2v) is 7.44. The molecule has 1 aliphatic carbocycles. The highest BCUT2D eigenvalue weighted by Gasteiger charge is 2.47. The molecule has 0 aromatic heterocycles. The van der Waals surface area contributed by atoms with Crippen LogP contribution < -0.4 is 10.6 Å². The summed E-state index contributed by atoms with van der Waals surface area (Å²) in [4.78, 5) is 23.3. The number of amides is 2. The molecule has 2 N–H and O–H groups in total. The number of carbonyl (C=O) groups is 2. The normalized spacial score (nSPS) is 23.1. The summed E-state index contributed by atoms with van der Waals surface area (Å²) in [5.41, 5.74) is 1.93. The molecule has 2 fully saturated rings. The molecule has 1 heterocycles. The minimum absolute atomic E-state index is 0.172. The van der Waals surface area contributed by atoms with Crippen LogP contribution in [0.25, 0.3) is 0 Å². The molecule has 1 aromatic rings. The third kappa shape index (κ3) is 3.71. The van der Waals surface area contributed by atoms with Gasteiger partial charge in [0.25, 0.3) is 0 Å². The summed E-state index contributed by atoms with van der Waals surface area (Å²) < 4.78 is 5.23. The first-order valence-corrected chi connectivity index (χ1v) is 8.80. The average molecular weight is 330 g/mol. The molecule has 5 nitrogen and oxygen atoms in total. The Bertz CT molecular complexity index is 604. The highest BCUT2D eigenvalue weighted by Crippen LogP contribution is 2.32. The minimum atomic E-state index is -0.556. The molecule has 1 saturated carbocycles. The van der Waals surface area contributed by atoms with Crippen molar-refractivity contribution in [3.63, 3.8) is 0 Å². The molecule has 1 aliphatic heterocycles. The lowest BCUT2D eigenvalue weighted by molar-refractivity contribution is -0.135. The van der Waals surface area contributed by atoms with Gasteiger partial charge < -0.3 is 15.4 Å². The predicted octanol–water partition coefficient (Wildman–Crippen LogP) is 3.24. The van der Waals surface area contributed by atoms with Crippen LogP contribution in [0.4, 0.5) is 4.79 Å². The summed E-state index contributed by atoms with van der Waals surface area (Å²) in [6, 6.07) is 7.82. The number of nitrogens with one attached hydrogen (secondary N) is 2. The molecule has 1 saturated heterocycles. The highest BCUT2D eigenvalue weighted by molar-refractivity contribution is 5.93. The summed E-state index contributed by atoms with van der Waals surface area (Å²) in [6.45, 7) is 3.94. The summed E-state index contributed by atoms with van der Waals surface area (Å²) in [7, 11) is 0. The maximum Gasteiger partial charge on any atom is 0.408 e. The van der Waals surface area contributed by atoms with Crippen molar-refractivity contribution in [3.05, 3.63) is 35.4 Å². The number of carbonyl (C=O) groups excluding carboxylic acids is 2. The van der Waals surface area contributed by atoms with E-state index >= 15 is 0 Å². The first-order valence-electron chi connectivity index (χ1n) is 8.80. The smallest absolute Gasteiger partial charge is 0.408 e. The Labute approximate surface area is 143 Å². The van der Waals surface area contributed by atoms with E-state index in [9.17, 15) is 9.59 Å². The van der Waals surface area contributed by atoms with Crippen LogP contribution in [0.2, 0.25) is 0 Å². The van der Waals surface area contributed by atoms with E-state index < -0.39 is 17.7 Å². The van der Waals surface area contributed by atoms with Crippen molar-refractivity contribution < 1.29 is 14.3 Å². The molecule has 130 valence electrons. The van der Waals surface area contributed by atoms with Crippen LogP contribution in [-0.2, 0) is 16.1 Å². The molecule has 2 aliphatic rings. The zero-order chi connectivity index (χ0) is 17.2. The molecule has 0 unspecified atom stereocenters. The summed E-state index contributed by atoms with van der Waals surface area (Å²) in [6.07, 6.45) is 5.99. The molecule has 1 aromatic carbocycles. The molecular formula is C19H26N2O3. The summed E-state index contributed by atoms with van der Waals surface area (Å²) in [5.74, 6) is 0.505. The third-order valence-corrected chi connectivity index (χ3v) is 5.12. The van der Waals surface area contributed by atoms with Crippen molar-refractivity contribution in [2.45, 2.75) is 70.1 Å². The van der Waals surface area contributed by atoms with Gasteiger partial charge in [-0.05, 0) is 43.7 Å². The Morgan fingerprint density at radius 1 is 1.21 bits per heavy atom. The largest absolute Gasteiger partial charge is 0.445 e. The fourth-order valence-electron chi connectivity index (χ4n) is 3.59. The Morgan fingerprint density at radius 3 is 2.46 bits per heavy atom. The van der Waals surface area contributed by atoms with Crippen LogP contribution in [0, 0.1) is 0 Å². The van der Waals surface area contributed by atoms with Crippen molar-refractivity contribution >= 4 is 12.0 Å². The number of benzene rings is 1. The SMILES string of the molecule is CC1(C)NC(=O)[C@H]1NC(=O)OCc1ccc(C2CCCCC2)cc1. The average Bonchev–Trinajstić information content (AvgIpc) is 2.59. The topological polar surface area (TPSA) is 67.4 Å². The molecule has 5 heteroatoms. The van der Waals surface area contributed by atoms with Gasteiger partial charge in [-0.25, -0.2) is 4.79 Å². The number of alkyl carbamates (subject to hydrolysis) is 1. The van der Waals surface area contributed by atoms with Crippen LogP contribution in [0.5, 0.6) is 0 Å². The first kappa shape index (κ1) is 16.8. The maximum absolute atomic E-state index is 11.9. The van der Waals surface area contributed by atoms with E-state index in [1.807, 2.05) is 26.0 Å². The number of β-lactam (4-membered cyclic amide) rings is 1. The van der Waals surface area contributed by atoms with Crippen molar-refractivity contribution in [1.82, 2.24) is 10.6 Å². The van der Waals surface area contributed by atoms with Gasteiger partial charge >= 0.3 is 6.09 Å². The van der Waals surface area contributed by atoms with Crippen molar-refractivity contribution in [2.24, 2.45) is 0 Å². The number of hydrogen-bond acceptors (Lipinski definition) is 3. The van der Waals surface area contributed by atoms with Gasteiger partial charge in [-0.3, -0.25) is 4.79 Å². The minimum Gasteiger partial charge on any atom is -0.445 e. The van der Waals surface area contributed by atoms with Crippen LogP contribution >= 0.6 is 0 Å². The third-order valence-electron chi connectivity index (χ3n) is 5.12. The van der Waals surface area contributed by atoms with Crippen LogP contribution in [-0.4, -0.2) is 23.6 Å². The molecular weight excluding hydrogens is 304 g/mol. The van der Waals surface area contributed by atoms with E-state index in [1.165, 1.54) is 37.7 Å². The highest BCUT2D eigenvalue weighted by atomic mass is 16.5. The standard InChI is InChI=1S/C19H26N2O3/c1-19(2)16(17(22)21-19)20-18(23)24-12-13-8-10-15(11-9-13)14-6-4-3-5-7-14/h8-11,14,16H,3-7,12H2,1-2H3,(H,20,23)(H,21,22)/t16-/m1/s1. The number of ether oxygens (including phenoxy) is 1. The van der Waals surface area contributed by atoms with Gasteiger partial charge in [0.2, 0.25) is 5.91 Å². The lowest BCUT2D eigenvalue weighted by atomic mass is 9.84. The predicted molar refractivity (Wildman–Crippen MR) is 91.6 cm³/mol. The second-order valence-electron chi connectivity index (χ2n) is 7.44. The zero-order valence-corrected chi connectivity index (χ0v) is 14.4.